The molecule has 0 saturated carbocycles. The van der Waals surface area contributed by atoms with Crippen molar-refractivity contribution in [2.24, 2.45) is 0 Å². The van der Waals surface area contributed by atoms with E-state index in [2.05, 4.69) is 43.1 Å². The number of oxazole rings is 1. The fourth-order valence-electron chi connectivity index (χ4n) is 1.84. The Morgan fingerprint density at radius 1 is 1.25 bits per heavy atom. The number of halogens is 1. The van der Waals surface area contributed by atoms with Crippen LogP contribution in [0.5, 0.6) is 0 Å². The molecule has 0 fully saturated rings. The maximum absolute atomic E-state index is 5.74. The van der Waals surface area contributed by atoms with Crippen LogP contribution in [0.2, 0.25) is 0 Å². The van der Waals surface area contributed by atoms with Gasteiger partial charge < -0.3 is 9.73 Å². The minimum atomic E-state index is 0.134. The zero-order chi connectivity index (χ0) is 13.9. The fourth-order valence-corrected chi connectivity index (χ4v) is 2.04. The van der Waals surface area contributed by atoms with E-state index >= 15 is 0 Å². The van der Waals surface area contributed by atoms with E-state index in [1.807, 2.05) is 24.3 Å². The van der Waals surface area contributed by atoms with Gasteiger partial charge >= 0.3 is 0 Å². The first-order valence-electron chi connectivity index (χ1n) is 6.29. The lowest BCUT2D eigenvalue weighted by atomic mass is 10.2. The van der Waals surface area contributed by atoms with Crippen LogP contribution in [0.15, 0.2) is 45.5 Å². The highest BCUT2D eigenvalue weighted by atomic mass is 79.9. The van der Waals surface area contributed by atoms with Gasteiger partial charge in [0.05, 0.1) is 10.4 Å². The molecule has 1 aromatic carbocycles. The molecule has 0 radical (unpaired) electrons. The summed E-state index contributed by atoms with van der Waals surface area (Å²) in [6.45, 7) is 2.71. The van der Waals surface area contributed by atoms with Gasteiger partial charge in [0.15, 0.2) is 11.5 Å². The van der Waals surface area contributed by atoms with E-state index in [1.54, 1.807) is 12.4 Å². The average Bonchev–Trinajstić information content (AvgIpc) is 2.90. The predicted molar refractivity (Wildman–Crippen MR) is 80.6 cm³/mol. The summed E-state index contributed by atoms with van der Waals surface area (Å²) in [6.07, 6.45) is 3.42. The maximum Gasteiger partial charge on any atom is 0.222 e. The standard InChI is InChI=1S/C14H13BrN4O/c1-9(6-16-14-17-7-10(15)8-18-14)13-19-11-4-2-3-5-12(11)20-13/h2-5,7-9H,6H2,1H3,(H,16,17,18)/t9-/m1/s1. The van der Waals surface area contributed by atoms with Gasteiger partial charge in [-0.3, -0.25) is 0 Å². The van der Waals surface area contributed by atoms with Gasteiger partial charge in [0.1, 0.15) is 5.52 Å². The zero-order valence-electron chi connectivity index (χ0n) is 10.9. The molecular weight excluding hydrogens is 320 g/mol. The third-order valence-electron chi connectivity index (χ3n) is 2.92. The van der Waals surface area contributed by atoms with E-state index < -0.39 is 0 Å². The highest BCUT2D eigenvalue weighted by molar-refractivity contribution is 9.10. The lowest BCUT2D eigenvalue weighted by molar-refractivity contribution is 0.494. The molecule has 0 spiro atoms. The van der Waals surface area contributed by atoms with Crippen LogP contribution in [-0.4, -0.2) is 21.5 Å². The SMILES string of the molecule is C[C@H](CNc1ncc(Br)cn1)c1nc2ccccc2o1. The van der Waals surface area contributed by atoms with Crippen LogP contribution in [0.3, 0.4) is 0 Å². The molecule has 20 heavy (non-hydrogen) atoms. The third kappa shape index (κ3) is 2.80. The van der Waals surface area contributed by atoms with Gasteiger partial charge in [-0.25, -0.2) is 15.0 Å². The fraction of sp³-hybridized carbons (Fsp3) is 0.214. The molecule has 6 heteroatoms. The monoisotopic (exact) mass is 332 g/mol. The lowest BCUT2D eigenvalue weighted by Crippen LogP contribution is -2.12. The maximum atomic E-state index is 5.74. The highest BCUT2D eigenvalue weighted by Crippen LogP contribution is 2.21. The molecule has 1 atom stereocenters. The molecule has 0 saturated heterocycles. The number of fused-ring (bicyclic) bond motifs is 1. The number of anilines is 1. The van der Waals surface area contributed by atoms with Crippen molar-refractivity contribution in [3.63, 3.8) is 0 Å². The van der Waals surface area contributed by atoms with Crippen molar-refractivity contribution < 1.29 is 4.42 Å². The Labute approximate surface area is 124 Å². The molecule has 2 heterocycles. The van der Waals surface area contributed by atoms with Crippen LogP contribution in [0.25, 0.3) is 11.1 Å². The van der Waals surface area contributed by atoms with Crippen molar-refractivity contribution in [2.75, 3.05) is 11.9 Å². The van der Waals surface area contributed by atoms with Crippen LogP contribution in [0.4, 0.5) is 5.95 Å². The van der Waals surface area contributed by atoms with Gasteiger partial charge in [-0.1, -0.05) is 19.1 Å². The summed E-state index contributed by atoms with van der Waals surface area (Å²) >= 11 is 3.30. The van der Waals surface area contributed by atoms with Crippen LogP contribution in [-0.2, 0) is 0 Å². The number of nitrogens with zero attached hydrogens (tertiary/aromatic N) is 3. The molecule has 0 unspecified atom stereocenters. The summed E-state index contributed by atoms with van der Waals surface area (Å²) in [5.74, 6) is 1.45. The number of rotatable bonds is 4. The number of hydrogen-bond donors (Lipinski definition) is 1. The molecule has 0 amide bonds. The molecule has 3 rings (SSSR count). The van der Waals surface area contributed by atoms with Crippen molar-refractivity contribution in [2.45, 2.75) is 12.8 Å². The molecule has 0 aliphatic carbocycles. The first-order chi connectivity index (χ1) is 9.72. The number of aromatic nitrogens is 3. The summed E-state index contributed by atoms with van der Waals surface area (Å²) in [7, 11) is 0. The Hall–Kier alpha value is -1.95. The quantitative estimate of drug-likeness (QED) is 0.790. The number of para-hydroxylation sites is 2. The molecule has 102 valence electrons. The molecule has 0 bridgehead atoms. The Kier molecular flexibility index (Phi) is 3.64. The summed E-state index contributed by atoms with van der Waals surface area (Å²) in [5, 5.41) is 3.17. The van der Waals surface area contributed by atoms with Gasteiger partial charge in [-0.2, -0.15) is 0 Å². The summed E-state index contributed by atoms with van der Waals surface area (Å²) in [6, 6.07) is 7.76. The van der Waals surface area contributed by atoms with Crippen LogP contribution in [0.1, 0.15) is 18.7 Å². The molecular formula is C14H13BrN4O. The van der Waals surface area contributed by atoms with Crippen molar-refractivity contribution >= 4 is 33.0 Å². The summed E-state index contributed by atoms with van der Waals surface area (Å²) in [4.78, 5) is 12.8. The summed E-state index contributed by atoms with van der Waals surface area (Å²) in [5.41, 5.74) is 1.70. The first-order valence-corrected chi connectivity index (χ1v) is 7.08. The van der Waals surface area contributed by atoms with Crippen molar-refractivity contribution in [3.05, 3.63) is 47.0 Å². The van der Waals surface area contributed by atoms with Gasteiger partial charge in [0.2, 0.25) is 5.95 Å². The largest absolute Gasteiger partial charge is 0.440 e. The molecule has 3 aromatic rings. The Morgan fingerprint density at radius 3 is 2.75 bits per heavy atom. The van der Waals surface area contributed by atoms with E-state index in [4.69, 9.17) is 4.42 Å². The predicted octanol–water partition coefficient (Wildman–Crippen LogP) is 3.60. The number of nitrogens with one attached hydrogen (secondary N) is 1. The minimum absolute atomic E-state index is 0.134. The second kappa shape index (κ2) is 5.58. The van der Waals surface area contributed by atoms with E-state index in [-0.39, 0.29) is 5.92 Å². The molecule has 1 N–H and O–H groups in total. The number of benzene rings is 1. The van der Waals surface area contributed by atoms with Crippen molar-refractivity contribution in [1.82, 2.24) is 15.0 Å². The number of hydrogen-bond acceptors (Lipinski definition) is 5. The first kappa shape index (κ1) is 13.1. The Bertz CT molecular complexity index is 678. The lowest BCUT2D eigenvalue weighted by Gasteiger charge is -2.08. The van der Waals surface area contributed by atoms with E-state index in [9.17, 15) is 0 Å². The normalized spacial score (nSPS) is 12.5. The van der Waals surface area contributed by atoms with Crippen LogP contribution in [0, 0.1) is 0 Å². The average molecular weight is 333 g/mol. The molecule has 0 aliphatic rings. The molecule has 5 nitrogen and oxygen atoms in total. The van der Waals surface area contributed by atoms with Gasteiger partial charge in [0, 0.05) is 18.9 Å². The van der Waals surface area contributed by atoms with E-state index in [0.717, 1.165) is 21.5 Å². The van der Waals surface area contributed by atoms with Gasteiger partial charge in [-0.15, -0.1) is 0 Å². The Balaban J connectivity index is 1.69. The second-order valence-corrected chi connectivity index (χ2v) is 5.44. The van der Waals surface area contributed by atoms with Crippen molar-refractivity contribution in [3.8, 4) is 0 Å². The molecule has 2 aromatic heterocycles. The minimum Gasteiger partial charge on any atom is -0.440 e. The highest BCUT2D eigenvalue weighted by Gasteiger charge is 2.13. The van der Waals surface area contributed by atoms with Gasteiger partial charge in [-0.05, 0) is 28.1 Å². The van der Waals surface area contributed by atoms with E-state index in [1.165, 1.54) is 0 Å². The van der Waals surface area contributed by atoms with Gasteiger partial charge in [0.25, 0.3) is 0 Å². The zero-order valence-corrected chi connectivity index (χ0v) is 12.5. The smallest absolute Gasteiger partial charge is 0.222 e. The summed E-state index contributed by atoms with van der Waals surface area (Å²) < 4.78 is 6.59. The van der Waals surface area contributed by atoms with Crippen molar-refractivity contribution in [1.29, 1.82) is 0 Å². The topological polar surface area (TPSA) is 63.8 Å². The van der Waals surface area contributed by atoms with Crippen LogP contribution >= 0.6 is 15.9 Å². The third-order valence-corrected chi connectivity index (χ3v) is 3.33. The Morgan fingerprint density at radius 2 is 2.00 bits per heavy atom. The molecule has 0 aliphatic heterocycles. The second-order valence-electron chi connectivity index (χ2n) is 4.53. The van der Waals surface area contributed by atoms with E-state index in [0.29, 0.717) is 12.5 Å². The van der Waals surface area contributed by atoms with Crippen LogP contribution < -0.4 is 5.32 Å².